The maximum absolute atomic E-state index is 12.2. The molecular formula is C19H28N2O2. The van der Waals surface area contributed by atoms with Crippen LogP contribution in [0.2, 0.25) is 0 Å². The van der Waals surface area contributed by atoms with Gasteiger partial charge in [-0.3, -0.25) is 9.59 Å². The first-order chi connectivity index (χ1) is 11.2. The van der Waals surface area contributed by atoms with Gasteiger partial charge in [0, 0.05) is 30.8 Å². The predicted molar refractivity (Wildman–Crippen MR) is 93.6 cm³/mol. The van der Waals surface area contributed by atoms with Crippen LogP contribution in [0.25, 0.3) is 0 Å². The monoisotopic (exact) mass is 316 g/mol. The third-order valence-electron chi connectivity index (χ3n) is 4.32. The second-order valence-electron chi connectivity index (χ2n) is 6.29. The molecular weight excluding hydrogens is 288 g/mol. The molecule has 1 N–H and O–H groups in total. The first-order valence-electron chi connectivity index (χ1n) is 8.90. The molecule has 0 spiro atoms. The van der Waals surface area contributed by atoms with Crippen LogP contribution < -0.4 is 5.32 Å². The summed E-state index contributed by atoms with van der Waals surface area (Å²) in [5.74, 6) is 0.149. The summed E-state index contributed by atoms with van der Waals surface area (Å²) in [5.41, 5.74) is 1.46. The fourth-order valence-electron chi connectivity index (χ4n) is 2.91. The number of benzene rings is 1. The number of carbonyl (C=O) groups is 2. The number of rotatable bonds is 8. The van der Waals surface area contributed by atoms with Crippen LogP contribution in [0.3, 0.4) is 0 Å². The van der Waals surface area contributed by atoms with Gasteiger partial charge in [0.1, 0.15) is 0 Å². The van der Waals surface area contributed by atoms with Gasteiger partial charge in [-0.1, -0.05) is 32.6 Å². The lowest BCUT2D eigenvalue weighted by Crippen LogP contribution is -2.27. The standard InChI is InChI=1S/C19H28N2O2/c1-2-3-4-5-6-9-18(22)20-17-12-10-16(11-13-17)19(23)21-14-7-8-15-21/h10-13H,2-9,14-15H2,1H3,(H,20,22). The number of carbonyl (C=O) groups excluding carboxylic acids is 2. The first-order valence-corrected chi connectivity index (χ1v) is 8.90. The lowest BCUT2D eigenvalue weighted by molar-refractivity contribution is -0.116. The second-order valence-corrected chi connectivity index (χ2v) is 6.29. The summed E-state index contributed by atoms with van der Waals surface area (Å²) < 4.78 is 0. The van der Waals surface area contributed by atoms with Crippen molar-refractivity contribution in [2.75, 3.05) is 18.4 Å². The van der Waals surface area contributed by atoms with Gasteiger partial charge in [-0.2, -0.15) is 0 Å². The molecule has 0 atom stereocenters. The Balaban J connectivity index is 1.75. The third kappa shape index (κ3) is 5.70. The lowest BCUT2D eigenvalue weighted by Gasteiger charge is -2.15. The molecule has 4 heteroatoms. The van der Waals surface area contributed by atoms with Crippen molar-refractivity contribution in [2.24, 2.45) is 0 Å². The van der Waals surface area contributed by atoms with Crippen LogP contribution in [-0.4, -0.2) is 29.8 Å². The number of unbranched alkanes of at least 4 members (excludes halogenated alkanes) is 4. The van der Waals surface area contributed by atoms with E-state index in [4.69, 9.17) is 0 Å². The molecule has 2 amide bonds. The Morgan fingerprint density at radius 2 is 1.65 bits per heavy atom. The molecule has 0 radical (unpaired) electrons. The smallest absolute Gasteiger partial charge is 0.253 e. The highest BCUT2D eigenvalue weighted by molar-refractivity contribution is 5.95. The van der Waals surface area contributed by atoms with Gasteiger partial charge in [0.2, 0.25) is 5.91 Å². The number of hydrogen-bond acceptors (Lipinski definition) is 2. The summed E-state index contributed by atoms with van der Waals surface area (Å²) in [6.45, 7) is 3.90. The van der Waals surface area contributed by atoms with Crippen LogP contribution in [0.15, 0.2) is 24.3 Å². The molecule has 0 saturated carbocycles. The van der Waals surface area contributed by atoms with Gasteiger partial charge in [0.25, 0.3) is 5.91 Å². The Hall–Kier alpha value is -1.84. The number of nitrogens with one attached hydrogen (secondary N) is 1. The summed E-state index contributed by atoms with van der Waals surface area (Å²) in [4.78, 5) is 26.0. The van der Waals surface area contributed by atoms with Crippen molar-refractivity contribution in [3.05, 3.63) is 29.8 Å². The van der Waals surface area contributed by atoms with E-state index >= 15 is 0 Å². The fourth-order valence-corrected chi connectivity index (χ4v) is 2.91. The Morgan fingerprint density at radius 3 is 2.30 bits per heavy atom. The molecule has 1 fully saturated rings. The average molecular weight is 316 g/mol. The fraction of sp³-hybridized carbons (Fsp3) is 0.579. The maximum atomic E-state index is 12.2. The van der Waals surface area contributed by atoms with E-state index in [0.29, 0.717) is 12.0 Å². The van der Waals surface area contributed by atoms with Gasteiger partial charge in [-0.05, 0) is 43.5 Å². The van der Waals surface area contributed by atoms with Crippen molar-refractivity contribution in [3.8, 4) is 0 Å². The highest BCUT2D eigenvalue weighted by Crippen LogP contribution is 2.16. The minimum atomic E-state index is 0.0557. The SMILES string of the molecule is CCCCCCCC(=O)Nc1ccc(C(=O)N2CCCC2)cc1. The van der Waals surface area contributed by atoms with E-state index in [2.05, 4.69) is 12.2 Å². The number of hydrogen-bond donors (Lipinski definition) is 1. The van der Waals surface area contributed by atoms with Crippen LogP contribution in [0.4, 0.5) is 5.69 Å². The van der Waals surface area contributed by atoms with Crippen LogP contribution in [-0.2, 0) is 4.79 Å². The zero-order valence-corrected chi connectivity index (χ0v) is 14.1. The molecule has 1 heterocycles. The van der Waals surface area contributed by atoms with Crippen molar-refractivity contribution in [1.82, 2.24) is 4.90 Å². The summed E-state index contributed by atoms with van der Waals surface area (Å²) in [5, 5.41) is 2.90. The van der Waals surface area contributed by atoms with Crippen LogP contribution in [0, 0.1) is 0 Å². The van der Waals surface area contributed by atoms with Gasteiger partial charge in [0.05, 0.1) is 0 Å². The molecule has 0 aromatic heterocycles. The Kier molecular flexibility index (Phi) is 7.11. The van der Waals surface area contributed by atoms with E-state index in [-0.39, 0.29) is 11.8 Å². The second kappa shape index (κ2) is 9.33. The number of nitrogens with zero attached hydrogens (tertiary/aromatic N) is 1. The van der Waals surface area contributed by atoms with Crippen molar-refractivity contribution in [1.29, 1.82) is 0 Å². The van der Waals surface area contributed by atoms with E-state index in [9.17, 15) is 9.59 Å². The Labute approximate surface area is 139 Å². The van der Waals surface area contributed by atoms with Crippen LogP contribution >= 0.6 is 0 Å². The van der Waals surface area contributed by atoms with Crippen molar-refractivity contribution >= 4 is 17.5 Å². The van der Waals surface area contributed by atoms with Gasteiger partial charge in [-0.25, -0.2) is 0 Å². The molecule has 1 aliphatic heterocycles. The van der Waals surface area contributed by atoms with E-state index in [1.54, 1.807) is 12.1 Å². The molecule has 1 aromatic rings. The molecule has 2 rings (SSSR count). The zero-order valence-electron chi connectivity index (χ0n) is 14.1. The molecule has 126 valence electrons. The summed E-state index contributed by atoms with van der Waals surface area (Å²) in [6, 6.07) is 7.24. The van der Waals surface area contributed by atoms with Gasteiger partial charge >= 0.3 is 0 Å². The van der Waals surface area contributed by atoms with Crippen LogP contribution in [0.1, 0.15) is 68.6 Å². The molecule has 1 aliphatic rings. The predicted octanol–water partition coefficient (Wildman–Crippen LogP) is 4.22. The topological polar surface area (TPSA) is 49.4 Å². The van der Waals surface area contributed by atoms with Crippen LogP contribution in [0.5, 0.6) is 0 Å². The largest absolute Gasteiger partial charge is 0.339 e. The van der Waals surface area contributed by atoms with Crippen molar-refractivity contribution in [2.45, 2.75) is 58.3 Å². The molecule has 4 nitrogen and oxygen atoms in total. The molecule has 0 unspecified atom stereocenters. The minimum Gasteiger partial charge on any atom is -0.339 e. The normalized spacial score (nSPS) is 14.0. The quantitative estimate of drug-likeness (QED) is 0.730. The molecule has 1 aromatic carbocycles. The number of likely N-dealkylation sites (tertiary alicyclic amines) is 1. The molecule has 0 aliphatic carbocycles. The van der Waals surface area contributed by atoms with E-state index in [1.807, 2.05) is 17.0 Å². The lowest BCUT2D eigenvalue weighted by atomic mass is 10.1. The van der Waals surface area contributed by atoms with Crippen molar-refractivity contribution < 1.29 is 9.59 Å². The molecule has 0 bridgehead atoms. The summed E-state index contributed by atoms with van der Waals surface area (Å²) in [6.07, 6.45) is 8.48. The number of anilines is 1. The van der Waals surface area contributed by atoms with E-state index in [1.165, 1.54) is 19.3 Å². The Morgan fingerprint density at radius 1 is 1.00 bits per heavy atom. The van der Waals surface area contributed by atoms with Crippen molar-refractivity contribution in [3.63, 3.8) is 0 Å². The highest BCUT2D eigenvalue weighted by Gasteiger charge is 2.19. The maximum Gasteiger partial charge on any atom is 0.253 e. The van der Waals surface area contributed by atoms with Gasteiger partial charge < -0.3 is 10.2 Å². The average Bonchev–Trinajstić information content (AvgIpc) is 3.09. The first kappa shape index (κ1) is 17.5. The summed E-state index contributed by atoms with van der Waals surface area (Å²) in [7, 11) is 0. The summed E-state index contributed by atoms with van der Waals surface area (Å²) >= 11 is 0. The van der Waals surface area contributed by atoms with E-state index < -0.39 is 0 Å². The number of amides is 2. The minimum absolute atomic E-state index is 0.0557. The zero-order chi connectivity index (χ0) is 16.5. The van der Waals surface area contributed by atoms with Gasteiger partial charge in [0.15, 0.2) is 0 Å². The van der Waals surface area contributed by atoms with Gasteiger partial charge in [-0.15, -0.1) is 0 Å². The molecule has 1 saturated heterocycles. The highest BCUT2D eigenvalue weighted by atomic mass is 16.2. The van der Waals surface area contributed by atoms with E-state index in [0.717, 1.165) is 44.5 Å². The molecule has 23 heavy (non-hydrogen) atoms. The third-order valence-corrected chi connectivity index (χ3v) is 4.32. The Bertz CT molecular complexity index is 505.